The van der Waals surface area contributed by atoms with Gasteiger partial charge in [-0.3, -0.25) is 4.79 Å². The van der Waals surface area contributed by atoms with E-state index in [4.69, 9.17) is 4.74 Å². The molecule has 0 aromatic heterocycles. The summed E-state index contributed by atoms with van der Waals surface area (Å²) in [7, 11) is 0. The summed E-state index contributed by atoms with van der Waals surface area (Å²) >= 11 is 0. The van der Waals surface area contributed by atoms with Gasteiger partial charge < -0.3 is 15.2 Å². The second-order valence-electron chi connectivity index (χ2n) is 7.59. The first-order valence-electron chi connectivity index (χ1n) is 7.93. The largest absolute Gasteiger partial charge is 0.481 e. The number of rotatable bonds is 6. The number of carbonyl (C=O) groups excluding carboxylic acids is 1. The molecule has 0 heterocycles. The molecule has 0 aliphatic heterocycles. The fraction of sp³-hybridized carbons (Fsp3) is 0.875. The van der Waals surface area contributed by atoms with Crippen molar-refractivity contribution in [2.24, 2.45) is 17.3 Å². The van der Waals surface area contributed by atoms with Gasteiger partial charge in [-0.1, -0.05) is 19.3 Å². The summed E-state index contributed by atoms with van der Waals surface area (Å²) in [5.74, 6) is -0.0668. The molecule has 2 aliphatic rings. The minimum atomic E-state index is -0.809. The summed E-state index contributed by atoms with van der Waals surface area (Å²) in [5, 5.41) is 12.5. The number of carboxylic acids is 1. The van der Waals surface area contributed by atoms with E-state index in [0.29, 0.717) is 12.3 Å². The van der Waals surface area contributed by atoms with Crippen molar-refractivity contribution in [3.05, 3.63) is 0 Å². The van der Waals surface area contributed by atoms with Crippen LogP contribution in [0.2, 0.25) is 0 Å². The molecule has 2 fully saturated rings. The van der Waals surface area contributed by atoms with E-state index >= 15 is 0 Å². The average molecular weight is 297 g/mol. The molecular weight excluding hydrogens is 270 g/mol. The van der Waals surface area contributed by atoms with Gasteiger partial charge in [0.05, 0.1) is 5.41 Å². The van der Waals surface area contributed by atoms with Crippen molar-refractivity contribution < 1.29 is 19.4 Å². The van der Waals surface area contributed by atoms with Crippen molar-refractivity contribution in [1.29, 1.82) is 0 Å². The summed E-state index contributed by atoms with van der Waals surface area (Å²) < 4.78 is 5.22. The summed E-state index contributed by atoms with van der Waals surface area (Å²) in [4.78, 5) is 23.8. The Morgan fingerprint density at radius 2 is 1.81 bits per heavy atom. The molecule has 0 spiro atoms. The lowest BCUT2D eigenvalue weighted by Gasteiger charge is -2.42. The van der Waals surface area contributed by atoms with Crippen LogP contribution in [0.1, 0.15) is 59.3 Å². The van der Waals surface area contributed by atoms with Gasteiger partial charge in [0.2, 0.25) is 0 Å². The molecule has 0 bridgehead atoms. The maximum atomic E-state index is 11.9. The predicted octanol–water partition coefficient (Wildman–Crippen LogP) is 3.18. The predicted molar refractivity (Wildman–Crippen MR) is 79.0 cm³/mol. The van der Waals surface area contributed by atoms with Crippen molar-refractivity contribution in [3.63, 3.8) is 0 Å². The Bertz CT molecular complexity index is 407. The number of aliphatic carboxylic acids is 1. The fourth-order valence-electron chi connectivity index (χ4n) is 3.06. The molecule has 1 amide bonds. The molecule has 5 heteroatoms. The van der Waals surface area contributed by atoms with Gasteiger partial charge in [-0.2, -0.15) is 0 Å². The number of carbonyl (C=O) groups is 2. The zero-order valence-electron chi connectivity index (χ0n) is 13.3. The van der Waals surface area contributed by atoms with Gasteiger partial charge in [0.25, 0.3) is 0 Å². The molecule has 0 aromatic carbocycles. The van der Waals surface area contributed by atoms with Gasteiger partial charge in [-0.25, -0.2) is 4.79 Å². The van der Waals surface area contributed by atoms with Gasteiger partial charge in [0.15, 0.2) is 0 Å². The minimum Gasteiger partial charge on any atom is -0.481 e. The van der Waals surface area contributed by atoms with Crippen molar-refractivity contribution in [2.45, 2.75) is 64.9 Å². The van der Waals surface area contributed by atoms with E-state index in [1.165, 1.54) is 0 Å². The molecular formula is C16H27NO4. The Kier molecular flexibility index (Phi) is 4.49. The topological polar surface area (TPSA) is 75.6 Å². The van der Waals surface area contributed by atoms with Crippen molar-refractivity contribution in [2.75, 3.05) is 6.54 Å². The Hall–Kier alpha value is -1.26. The van der Waals surface area contributed by atoms with Crippen LogP contribution in [-0.4, -0.2) is 29.3 Å². The van der Waals surface area contributed by atoms with Crippen molar-refractivity contribution in [1.82, 2.24) is 5.32 Å². The molecule has 5 nitrogen and oxygen atoms in total. The Morgan fingerprint density at radius 1 is 1.19 bits per heavy atom. The summed E-state index contributed by atoms with van der Waals surface area (Å²) in [6.45, 7) is 5.58. The fourth-order valence-corrected chi connectivity index (χ4v) is 3.06. The van der Waals surface area contributed by atoms with Gasteiger partial charge in [0.1, 0.15) is 5.60 Å². The first kappa shape index (κ1) is 16.1. The van der Waals surface area contributed by atoms with E-state index in [1.54, 1.807) is 20.8 Å². The zero-order valence-corrected chi connectivity index (χ0v) is 13.3. The van der Waals surface area contributed by atoms with Crippen LogP contribution >= 0.6 is 0 Å². The second kappa shape index (κ2) is 5.85. The number of hydrogen-bond acceptors (Lipinski definition) is 3. The Balaban J connectivity index is 2.00. The van der Waals surface area contributed by atoms with Gasteiger partial charge in [-0.05, 0) is 51.9 Å². The number of ether oxygens (including phenoxy) is 1. The first-order chi connectivity index (χ1) is 9.73. The summed E-state index contributed by atoms with van der Waals surface area (Å²) in [6, 6.07) is 0. The molecule has 2 rings (SSSR count). The van der Waals surface area contributed by atoms with Crippen molar-refractivity contribution >= 4 is 12.1 Å². The summed E-state index contributed by atoms with van der Waals surface area (Å²) in [6.07, 6.45) is 5.40. The molecule has 1 unspecified atom stereocenters. The van der Waals surface area contributed by atoms with Crippen LogP contribution in [0.5, 0.6) is 0 Å². The van der Waals surface area contributed by atoms with Crippen molar-refractivity contribution in [3.8, 4) is 0 Å². The second-order valence-corrected chi connectivity index (χ2v) is 7.59. The molecule has 2 N–H and O–H groups in total. The maximum absolute atomic E-state index is 11.9. The normalized spacial score (nSPS) is 22.0. The number of hydrogen-bond donors (Lipinski definition) is 2. The Labute approximate surface area is 126 Å². The van der Waals surface area contributed by atoms with Gasteiger partial charge >= 0.3 is 12.1 Å². The Morgan fingerprint density at radius 3 is 2.19 bits per heavy atom. The highest BCUT2D eigenvalue weighted by Crippen LogP contribution is 2.50. The minimum absolute atomic E-state index is 0.179. The third kappa shape index (κ3) is 4.11. The monoisotopic (exact) mass is 297 g/mol. The molecule has 120 valence electrons. The van der Waals surface area contributed by atoms with E-state index in [-0.39, 0.29) is 12.5 Å². The molecule has 1 atom stereocenters. The van der Waals surface area contributed by atoms with Crippen LogP contribution in [0.4, 0.5) is 4.79 Å². The highest BCUT2D eigenvalue weighted by molar-refractivity contribution is 5.77. The van der Waals surface area contributed by atoms with Crippen LogP contribution in [0.15, 0.2) is 0 Å². The number of nitrogens with one attached hydrogen (secondary N) is 1. The molecule has 2 aliphatic carbocycles. The van der Waals surface area contributed by atoms with Crippen LogP contribution in [0.3, 0.4) is 0 Å². The summed E-state index contributed by atoms with van der Waals surface area (Å²) in [5.41, 5.74) is -1.38. The highest BCUT2D eigenvalue weighted by Gasteiger charge is 2.51. The molecule has 21 heavy (non-hydrogen) atoms. The standard InChI is InChI=1S/C16H27NO4/c1-15(2,3)21-14(20)17-10-16(13(18)19,9-11-7-8-11)12-5-4-6-12/h11-12H,4-10H2,1-3H3,(H,17,20)(H,18,19). The SMILES string of the molecule is CC(C)(C)OC(=O)NCC(CC1CC1)(C(=O)O)C1CCC1. The molecule has 0 radical (unpaired) electrons. The lowest BCUT2D eigenvalue weighted by Crippen LogP contribution is -2.51. The van der Waals surface area contributed by atoms with Crippen LogP contribution in [0, 0.1) is 17.3 Å². The average Bonchev–Trinajstić information content (AvgIpc) is 3.04. The molecule has 2 saturated carbocycles. The van der Waals surface area contributed by atoms with E-state index in [0.717, 1.165) is 32.1 Å². The van der Waals surface area contributed by atoms with E-state index < -0.39 is 23.1 Å². The van der Waals surface area contributed by atoms with E-state index in [1.807, 2.05) is 0 Å². The smallest absolute Gasteiger partial charge is 0.407 e. The molecule has 0 saturated heterocycles. The quantitative estimate of drug-likeness (QED) is 0.789. The highest BCUT2D eigenvalue weighted by atomic mass is 16.6. The molecule has 0 aromatic rings. The third-order valence-electron chi connectivity index (χ3n) is 4.61. The van der Waals surface area contributed by atoms with Crippen LogP contribution < -0.4 is 5.32 Å². The van der Waals surface area contributed by atoms with Crippen LogP contribution in [0.25, 0.3) is 0 Å². The maximum Gasteiger partial charge on any atom is 0.407 e. The van der Waals surface area contributed by atoms with E-state index in [2.05, 4.69) is 5.32 Å². The zero-order chi connectivity index (χ0) is 15.7. The number of carboxylic acid groups (broad SMARTS) is 1. The number of amides is 1. The van der Waals surface area contributed by atoms with Gasteiger partial charge in [-0.15, -0.1) is 0 Å². The van der Waals surface area contributed by atoms with Gasteiger partial charge in [0, 0.05) is 6.54 Å². The number of alkyl carbamates (subject to hydrolysis) is 1. The van der Waals surface area contributed by atoms with E-state index in [9.17, 15) is 14.7 Å². The lowest BCUT2D eigenvalue weighted by molar-refractivity contribution is -0.156. The lowest BCUT2D eigenvalue weighted by atomic mass is 9.62. The first-order valence-corrected chi connectivity index (χ1v) is 7.93. The third-order valence-corrected chi connectivity index (χ3v) is 4.61. The van der Waals surface area contributed by atoms with Crippen LogP contribution in [-0.2, 0) is 9.53 Å².